The molecule has 1 aromatic heterocycles. The van der Waals surface area contributed by atoms with E-state index in [0.29, 0.717) is 6.04 Å². The average Bonchev–Trinajstić information content (AvgIpc) is 2.67. The lowest BCUT2D eigenvalue weighted by Gasteiger charge is -2.23. The van der Waals surface area contributed by atoms with Crippen molar-refractivity contribution in [3.63, 3.8) is 0 Å². The van der Waals surface area contributed by atoms with Crippen molar-refractivity contribution in [2.24, 2.45) is 0 Å². The molecule has 3 aromatic rings. The number of rotatable bonds is 4. The number of nitrogens with one attached hydrogen (secondary N) is 2. The van der Waals surface area contributed by atoms with Gasteiger partial charge in [0, 0.05) is 24.7 Å². The maximum atomic E-state index is 4.41. The first-order valence-corrected chi connectivity index (χ1v) is 8.64. The highest BCUT2D eigenvalue weighted by molar-refractivity contribution is 5.86. The highest BCUT2D eigenvalue weighted by Gasteiger charge is 2.12. The van der Waals surface area contributed by atoms with Crippen LogP contribution in [0.15, 0.2) is 54.6 Å². The van der Waals surface area contributed by atoms with Crippen LogP contribution in [0.4, 0.5) is 0 Å². The Bertz CT molecular complexity index is 807. The Morgan fingerprint density at radius 2 is 1.92 bits per heavy atom. The van der Waals surface area contributed by atoms with Crippen LogP contribution in [0.2, 0.25) is 0 Å². The molecule has 24 heavy (non-hydrogen) atoms. The predicted molar refractivity (Wildman–Crippen MR) is 97.7 cm³/mol. The van der Waals surface area contributed by atoms with Gasteiger partial charge in [0.15, 0.2) is 0 Å². The SMILES string of the molecule is c1ccc2cc(-c3ccc(CNC4CCCNC4)nn3)ccc2c1. The smallest absolute Gasteiger partial charge is 0.0930 e. The van der Waals surface area contributed by atoms with E-state index in [1.807, 2.05) is 0 Å². The number of piperidine rings is 1. The predicted octanol–water partition coefficient (Wildman–Crippen LogP) is 3.14. The maximum absolute atomic E-state index is 4.41. The lowest BCUT2D eigenvalue weighted by molar-refractivity contribution is 0.387. The van der Waals surface area contributed by atoms with Gasteiger partial charge in [-0.1, -0.05) is 36.4 Å². The molecule has 1 unspecified atom stereocenters. The summed E-state index contributed by atoms with van der Waals surface area (Å²) >= 11 is 0. The third-order valence-electron chi connectivity index (χ3n) is 4.63. The van der Waals surface area contributed by atoms with Crippen molar-refractivity contribution in [3.05, 3.63) is 60.3 Å². The van der Waals surface area contributed by atoms with Gasteiger partial charge in [-0.15, -0.1) is 0 Å². The van der Waals surface area contributed by atoms with Gasteiger partial charge in [-0.3, -0.25) is 0 Å². The Morgan fingerprint density at radius 1 is 1.00 bits per heavy atom. The van der Waals surface area contributed by atoms with Crippen molar-refractivity contribution < 1.29 is 0 Å². The van der Waals surface area contributed by atoms with Crippen LogP contribution in [0, 0.1) is 0 Å². The number of hydrogen-bond acceptors (Lipinski definition) is 4. The van der Waals surface area contributed by atoms with Gasteiger partial charge in [-0.05, 0) is 48.4 Å². The van der Waals surface area contributed by atoms with Gasteiger partial charge < -0.3 is 10.6 Å². The Kier molecular flexibility index (Phi) is 4.49. The lowest BCUT2D eigenvalue weighted by Crippen LogP contribution is -2.42. The van der Waals surface area contributed by atoms with Crippen molar-refractivity contribution in [3.8, 4) is 11.3 Å². The highest BCUT2D eigenvalue weighted by Crippen LogP contribution is 2.22. The number of fused-ring (bicyclic) bond motifs is 1. The monoisotopic (exact) mass is 318 g/mol. The van der Waals surface area contributed by atoms with Crippen molar-refractivity contribution in [1.29, 1.82) is 0 Å². The fourth-order valence-electron chi connectivity index (χ4n) is 3.23. The molecule has 0 radical (unpaired) electrons. The van der Waals surface area contributed by atoms with E-state index in [0.717, 1.165) is 36.6 Å². The third kappa shape index (κ3) is 3.45. The Morgan fingerprint density at radius 3 is 2.71 bits per heavy atom. The van der Waals surface area contributed by atoms with Gasteiger partial charge in [0.1, 0.15) is 0 Å². The minimum atomic E-state index is 0.542. The van der Waals surface area contributed by atoms with Gasteiger partial charge in [0.05, 0.1) is 11.4 Å². The fourth-order valence-corrected chi connectivity index (χ4v) is 3.23. The van der Waals surface area contributed by atoms with Gasteiger partial charge >= 0.3 is 0 Å². The first-order valence-electron chi connectivity index (χ1n) is 8.64. The van der Waals surface area contributed by atoms with Crippen LogP contribution in [-0.4, -0.2) is 29.3 Å². The second kappa shape index (κ2) is 7.07. The lowest BCUT2D eigenvalue weighted by atomic mass is 10.0. The maximum Gasteiger partial charge on any atom is 0.0930 e. The van der Waals surface area contributed by atoms with Gasteiger partial charge in [-0.25, -0.2) is 0 Å². The molecule has 122 valence electrons. The van der Waals surface area contributed by atoms with Crippen LogP contribution in [-0.2, 0) is 6.54 Å². The molecule has 0 saturated carbocycles. The molecule has 4 nitrogen and oxygen atoms in total. The summed E-state index contributed by atoms with van der Waals surface area (Å²) in [6.07, 6.45) is 2.47. The largest absolute Gasteiger partial charge is 0.315 e. The van der Waals surface area contributed by atoms with Gasteiger partial charge in [0.2, 0.25) is 0 Å². The minimum Gasteiger partial charge on any atom is -0.315 e. The normalized spacial score (nSPS) is 17.9. The fraction of sp³-hybridized carbons (Fsp3) is 0.300. The van der Waals surface area contributed by atoms with E-state index in [4.69, 9.17) is 0 Å². The van der Waals surface area contributed by atoms with Gasteiger partial charge in [0.25, 0.3) is 0 Å². The van der Waals surface area contributed by atoms with E-state index in [1.165, 1.54) is 23.6 Å². The molecule has 4 heteroatoms. The summed E-state index contributed by atoms with van der Waals surface area (Å²) in [5.41, 5.74) is 3.02. The molecule has 4 rings (SSSR count). The molecule has 0 bridgehead atoms. The molecule has 1 saturated heterocycles. The third-order valence-corrected chi connectivity index (χ3v) is 4.63. The van der Waals surface area contributed by atoms with E-state index in [-0.39, 0.29) is 0 Å². The molecule has 2 heterocycles. The van der Waals surface area contributed by atoms with E-state index < -0.39 is 0 Å². The van der Waals surface area contributed by atoms with E-state index in [1.54, 1.807) is 0 Å². The van der Waals surface area contributed by atoms with Crippen LogP contribution >= 0.6 is 0 Å². The molecule has 0 aliphatic carbocycles. The van der Waals surface area contributed by atoms with Crippen molar-refractivity contribution in [2.75, 3.05) is 13.1 Å². The first kappa shape index (κ1) is 15.2. The zero-order chi connectivity index (χ0) is 16.2. The van der Waals surface area contributed by atoms with Crippen molar-refractivity contribution in [2.45, 2.75) is 25.4 Å². The molecular formula is C20H22N4. The molecule has 1 fully saturated rings. The van der Waals surface area contributed by atoms with E-state index in [9.17, 15) is 0 Å². The Labute approximate surface area is 142 Å². The molecular weight excluding hydrogens is 296 g/mol. The Hall–Kier alpha value is -2.30. The summed E-state index contributed by atoms with van der Waals surface area (Å²) in [6, 6.07) is 19.5. The molecule has 0 spiro atoms. The molecule has 1 atom stereocenters. The molecule has 1 aliphatic rings. The van der Waals surface area contributed by atoms with Crippen LogP contribution in [0.5, 0.6) is 0 Å². The summed E-state index contributed by atoms with van der Waals surface area (Å²) in [5.74, 6) is 0. The summed E-state index contributed by atoms with van der Waals surface area (Å²) in [6.45, 7) is 2.96. The van der Waals surface area contributed by atoms with E-state index >= 15 is 0 Å². The minimum absolute atomic E-state index is 0.542. The van der Waals surface area contributed by atoms with Crippen LogP contribution < -0.4 is 10.6 Å². The highest BCUT2D eigenvalue weighted by atomic mass is 15.1. The second-order valence-corrected chi connectivity index (χ2v) is 6.40. The molecule has 1 aliphatic heterocycles. The second-order valence-electron chi connectivity index (χ2n) is 6.40. The summed E-state index contributed by atoms with van der Waals surface area (Å²) in [7, 11) is 0. The quantitative estimate of drug-likeness (QED) is 0.776. The molecule has 0 amide bonds. The molecule has 2 N–H and O–H groups in total. The zero-order valence-corrected chi connectivity index (χ0v) is 13.7. The summed E-state index contributed by atoms with van der Waals surface area (Å²) < 4.78 is 0. The summed E-state index contributed by atoms with van der Waals surface area (Å²) in [4.78, 5) is 0. The number of nitrogens with zero attached hydrogens (tertiary/aromatic N) is 2. The van der Waals surface area contributed by atoms with Crippen molar-refractivity contribution >= 4 is 10.8 Å². The number of hydrogen-bond donors (Lipinski definition) is 2. The molecule has 2 aromatic carbocycles. The first-order chi connectivity index (χ1) is 11.9. The zero-order valence-electron chi connectivity index (χ0n) is 13.7. The van der Waals surface area contributed by atoms with Crippen LogP contribution in [0.3, 0.4) is 0 Å². The van der Waals surface area contributed by atoms with Crippen LogP contribution in [0.25, 0.3) is 22.0 Å². The standard InChI is InChI=1S/C20H22N4/c1-2-5-16-12-17(8-7-15(16)4-1)20-10-9-19(23-24-20)14-22-18-6-3-11-21-13-18/h1-2,4-5,7-10,12,18,21-22H,3,6,11,13-14H2. The van der Waals surface area contributed by atoms with Crippen molar-refractivity contribution in [1.82, 2.24) is 20.8 Å². The Balaban J connectivity index is 1.46. The summed E-state index contributed by atoms with van der Waals surface area (Å²) in [5, 5.41) is 18.2. The number of aromatic nitrogens is 2. The van der Waals surface area contributed by atoms with Crippen LogP contribution in [0.1, 0.15) is 18.5 Å². The number of benzene rings is 2. The van der Waals surface area contributed by atoms with Gasteiger partial charge in [-0.2, -0.15) is 10.2 Å². The average molecular weight is 318 g/mol. The topological polar surface area (TPSA) is 49.8 Å². The van der Waals surface area contributed by atoms with E-state index in [2.05, 4.69) is 75.4 Å².